The average molecular weight is 783 g/mol. The molecular formula is C58H42N2O. The standard InChI is InChI=1S/C58H42N2O/c1-36-26-29-53(49-25-13-21-37-14-9-10-22-45(37)49)59-58(38-15-3-2-4-16-38)60-57(36)52-33-44(35-55-56(52)51-32-41-19-7-8-20-42(41)34-54(51)61-55)46-28-27-43-30-39-17-5-6-18-40(39)31-50(43)48-24-12-11-23-47(46)48/h2-25,29-36,46H,26-28H2,1H3/b53-29+,59-58-,60-57+. The summed E-state index contributed by atoms with van der Waals surface area (Å²) in [7, 11) is 0. The first-order chi connectivity index (χ1) is 30.1. The van der Waals surface area contributed by atoms with Gasteiger partial charge in [0.15, 0.2) is 5.84 Å². The van der Waals surface area contributed by atoms with E-state index in [0.717, 1.165) is 69.3 Å². The predicted molar refractivity (Wildman–Crippen MR) is 256 cm³/mol. The maximum atomic E-state index is 6.98. The Bertz CT molecular complexity index is 3470. The quantitative estimate of drug-likeness (QED) is 0.175. The van der Waals surface area contributed by atoms with Crippen molar-refractivity contribution >= 4 is 71.5 Å². The molecule has 9 aromatic carbocycles. The first-order valence-corrected chi connectivity index (χ1v) is 21.5. The minimum absolute atomic E-state index is 0.0705. The van der Waals surface area contributed by atoms with Crippen molar-refractivity contribution in [1.82, 2.24) is 0 Å². The molecule has 0 amide bonds. The lowest BCUT2D eigenvalue weighted by Gasteiger charge is -2.23. The van der Waals surface area contributed by atoms with E-state index in [0.29, 0.717) is 5.84 Å². The number of allylic oxidation sites excluding steroid dienone is 1. The molecule has 0 spiro atoms. The predicted octanol–water partition coefficient (Wildman–Crippen LogP) is 15.1. The molecule has 0 fully saturated rings. The van der Waals surface area contributed by atoms with Crippen molar-refractivity contribution in [1.29, 1.82) is 0 Å². The Balaban J connectivity index is 1.10. The Hall–Kier alpha value is -7.36. The van der Waals surface area contributed by atoms with Gasteiger partial charge in [-0.05, 0) is 110 Å². The first kappa shape index (κ1) is 35.6. The first-order valence-electron chi connectivity index (χ1n) is 21.5. The minimum Gasteiger partial charge on any atom is -0.456 e. The summed E-state index contributed by atoms with van der Waals surface area (Å²) in [5.74, 6) is 0.924. The summed E-state index contributed by atoms with van der Waals surface area (Å²) < 4.78 is 6.98. The molecule has 0 radical (unpaired) electrons. The van der Waals surface area contributed by atoms with Crippen LogP contribution in [0.5, 0.6) is 0 Å². The van der Waals surface area contributed by atoms with Gasteiger partial charge in [-0.2, -0.15) is 0 Å². The van der Waals surface area contributed by atoms with Crippen LogP contribution in [0.25, 0.3) is 71.1 Å². The summed E-state index contributed by atoms with van der Waals surface area (Å²) in [4.78, 5) is 11.2. The Morgan fingerprint density at radius 3 is 2.02 bits per heavy atom. The van der Waals surface area contributed by atoms with E-state index in [1.54, 1.807) is 0 Å². The zero-order valence-corrected chi connectivity index (χ0v) is 34.0. The van der Waals surface area contributed by atoms with E-state index in [9.17, 15) is 0 Å². The molecule has 0 saturated heterocycles. The zero-order chi connectivity index (χ0) is 40.4. The second-order valence-electron chi connectivity index (χ2n) is 16.8. The lowest BCUT2D eigenvalue weighted by Crippen LogP contribution is -2.18. The summed E-state index contributed by atoms with van der Waals surface area (Å²) in [5.41, 5.74) is 13.6. The third-order valence-corrected chi connectivity index (χ3v) is 13.1. The fourth-order valence-electron chi connectivity index (χ4n) is 10.1. The van der Waals surface area contributed by atoms with Crippen molar-refractivity contribution in [2.75, 3.05) is 0 Å². The second kappa shape index (κ2) is 14.4. The van der Waals surface area contributed by atoms with E-state index in [-0.39, 0.29) is 11.8 Å². The van der Waals surface area contributed by atoms with Crippen LogP contribution in [0.1, 0.15) is 59.1 Å². The Kier molecular flexibility index (Phi) is 8.41. The second-order valence-corrected chi connectivity index (χ2v) is 16.8. The number of nitrogens with zero attached hydrogens (tertiary/aromatic N) is 2. The van der Waals surface area contributed by atoms with Crippen LogP contribution in [-0.4, -0.2) is 11.5 Å². The molecule has 2 unspecified atom stereocenters. The number of hydrogen-bond donors (Lipinski definition) is 0. The van der Waals surface area contributed by atoms with Crippen molar-refractivity contribution in [3.05, 3.63) is 221 Å². The van der Waals surface area contributed by atoms with Crippen LogP contribution in [-0.2, 0) is 6.42 Å². The molecule has 0 N–H and O–H groups in total. The van der Waals surface area contributed by atoms with Gasteiger partial charge in [-0.3, -0.25) is 0 Å². The van der Waals surface area contributed by atoms with Crippen LogP contribution in [0.4, 0.5) is 0 Å². The number of aliphatic imine (C=N–C) groups is 2. The molecule has 10 aromatic rings. The van der Waals surface area contributed by atoms with Crippen LogP contribution < -0.4 is 0 Å². The number of furan rings is 1. The van der Waals surface area contributed by atoms with Gasteiger partial charge in [-0.15, -0.1) is 0 Å². The molecule has 1 aliphatic carbocycles. The lowest BCUT2D eigenvalue weighted by atomic mass is 9.82. The van der Waals surface area contributed by atoms with E-state index >= 15 is 0 Å². The Morgan fingerprint density at radius 1 is 0.508 bits per heavy atom. The van der Waals surface area contributed by atoms with E-state index in [1.807, 2.05) is 0 Å². The molecule has 2 atom stereocenters. The summed E-state index contributed by atoms with van der Waals surface area (Å²) >= 11 is 0. The number of fused-ring (bicyclic) bond motifs is 9. The molecule has 3 heteroatoms. The summed E-state index contributed by atoms with van der Waals surface area (Å²) in [5, 5.41) is 9.54. The van der Waals surface area contributed by atoms with Gasteiger partial charge in [-0.1, -0.05) is 165 Å². The van der Waals surface area contributed by atoms with Gasteiger partial charge in [0, 0.05) is 39.3 Å². The fourth-order valence-corrected chi connectivity index (χ4v) is 10.1. The molecule has 1 aromatic heterocycles. The van der Waals surface area contributed by atoms with Gasteiger partial charge >= 0.3 is 0 Å². The molecule has 290 valence electrons. The van der Waals surface area contributed by atoms with Crippen LogP contribution in [0, 0.1) is 5.92 Å². The molecule has 0 saturated carbocycles. The molecule has 12 rings (SSSR count). The zero-order valence-electron chi connectivity index (χ0n) is 34.0. The maximum absolute atomic E-state index is 6.98. The number of hydrogen-bond acceptors (Lipinski definition) is 3. The van der Waals surface area contributed by atoms with Crippen LogP contribution in [0.15, 0.2) is 202 Å². The van der Waals surface area contributed by atoms with Crippen LogP contribution >= 0.6 is 0 Å². The summed E-state index contributed by atoms with van der Waals surface area (Å²) in [6.07, 6.45) is 5.06. The van der Waals surface area contributed by atoms with Crippen molar-refractivity contribution in [3.8, 4) is 11.1 Å². The number of amidine groups is 1. The van der Waals surface area contributed by atoms with Gasteiger partial charge in [0.05, 0.1) is 11.4 Å². The van der Waals surface area contributed by atoms with Crippen LogP contribution in [0.2, 0.25) is 0 Å². The van der Waals surface area contributed by atoms with Crippen molar-refractivity contribution in [3.63, 3.8) is 0 Å². The van der Waals surface area contributed by atoms with Gasteiger partial charge < -0.3 is 4.42 Å². The monoisotopic (exact) mass is 782 g/mol. The van der Waals surface area contributed by atoms with Gasteiger partial charge in [-0.25, -0.2) is 9.98 Å². The van der Waals surface area contributed by atoms with Gasteiger partial charge in [0.25, 0.3) is 0 Å². The highest BCUT2D eigenvalue weighted by molar-refractivity contribution is 6.24. The smallest absolute Gasteiger partial charge is 0.160 e. The number of aryl methyl sites for hydroxylation is 1. The third kappa shape index (κ3) is 6.11. The maximum Gasteiger partial charge on any atom is 0.160 e. The third-order valence-electron chi connectivity index (χ3n) is 13.1. The molecule has 2 heterocycles. The largest absolute Gasteiger partial charge is 0.456 e. The Morgan fingerprint density at radius 2 is 1.18 bits per heavy atom. The average Bonchev–Trinajstić information content (AvgIpc) is 3.58. The molecule has 0 bridgehead atoms. The van der Waals surface area contributed by atoms with E-state index in [1.165, 1.54) is 60.1 Å². The molecule has 3 nitrogen and oxygen atoms in total. The Labute approximate surface area is 355 Å². The summed E-state index contributed by atoms with van der Waals surface area (Å²) in [6, 6.07) is 66.0. The number of rotatable bonds is 4. The lowest BCUT2D eigenvalue weighted by molar-refractivity contribution is 0.665. The highest BCUT2D eigenvalue weighted by Gasteiger charge is 2.29. The topological polar surface area (TPSA) is 37.9 Å². The van der Waals surface area contributed by atoms with Crippen LogP contribution in [0.3, 0.4) is 0 Å². The van der Waals surface area contributed by atoms with Crippen molar-refractivity contribution < 1.29 is 4.42 Å². The molecule has 61 heavy (non-hydrogen) atoms. The molecule has 2 aliphatic rings. The van der Waals surface area contributed by atoms with E-state index < -0.39 is 0 Å². The summed E-state index contributed by atoms with van der Waals surface area (Å²) in [6.45, 7) is 2.32. The highest BCUT2D eigenvalue weighted by Crippen LogP contribution is 2.45. The van der Waals surface area contributed by atoms with E-state index in [4.69, 9.17) is 14.4 Å². The molecular weight excluding hydrogens is 741 g/mol. The molecule has 1 aliphatic heterocycles. The van der Waals surface area contributed by atoms with Gasteiger partial charge in [0.1, 0.15) is 11.2 Å². The van der Waals surface area contributed by atoms with Crippen molar-refractivity contribution in [2.24, 2.45) is 15.9 Å². The SMILES string of the molecule is CC1C/C=C(c2cccc3ccccc23)/N=C(c2ccccc2)\N=C/1c1cc(C2CCc3cc4ccccc4cc3-c3ccccc32)cc2oc3cc4ccccc4cc3c12. The minimum atomic E-state index is 0.0705. The van der Waals surface area contributed by atoms with E-state index in [2.05, 4.69) is 195 Å². The number of benzene rings is 9. The van der Waals surface area contributed by atoms with Gasteiger partial charge in [0.2, 0.25) is 0 Å². The normalized spacial score (nSPS) is 19.3. The fraction of sp³-hybridized carbons (Fsp3) is 0.103. The highest BCUT2D eigenvalue weighted by atomic mass is 16.3. The van der Waals surface area contributed by atoms with Crippen molar-refractivity contribution in [2.45, 2.75) is 32.1 Å².